The van der Waals surface area contributed by atoms with E-state index < -0.39 is 11.7 Å². The van der Waals surface area contributed by atoms with Crippen LogP contribution >= 0.6 is 12.2 Å². The summed E-state index contributed by atoms with van der Waals surface area (Å²) in [7, 11) is 0. The van der Waals surface area contributed by atoms with Crippen LogP contribution in [0.1, 0.15) is 35.7 Å². The van der Waals surface area contributed by atoms with Gasteiger partial charge in [0.05, 0.1) is 5.69 Å². The van der Waals surface area contributed by atoms with Crippen molar-refractivity contribution in [3.05, 3.63) is 59.4 Å². The second-order valence-electron chi connectivity index (χ2n) is 5.35. The zero-order chi connectivity index (χ0) is 17.0. The van der Waals surface area contributed by atoms with Crippen LogP contribution in [0.2, 0.25) is 0 Å². The van der Waals surface area contributed by atoms with Gasteiger partial charge in [0.25, 0.3) is 5.91 Å². The fraction of sp³-hybridized carbons (Fsp3) is 0.176. The number of carbonyl (C=O) groups is 1. The van der Waals surface area contributed by atoms with E-state index >= 15 is 0 Å². The highest BCUT2D eigenvalue weighted by molar-refractivity contribution is 7.80. The van der Waals surface area contributed by atoms with Crippen molar-refractivity contribution < 1.29 is 14.3 Å². The molecule has 0 atom stereocenters. The Kier molecular flexibility index (Phi) is 5.28. The molecular weight excluding hydrogens is 315 g/mol. The van der Waals surface area contributed by atoms with Crippen LogP contribution in [0.4, 0.5) is 10.1 Å². The minimum atomic E-state index is -0.456. The van der Waals surface area contributed by atoms with Gasteiger partial charge < -0.3 is 10.4 Å². The summed E-state index contributed by atoms with van der Waals surface area (Å²) in [6.07, 6.45) is 0. The van der Waals surface area contributed by atoms with Crippen molar-refractivity contribution in [1.82, 2.24) is 5.32 Å². The highest BCUT2D eigenvalue weighted by Crippen LogP contribution is 2.27. The fourth-order valence-corrected chi connectivity index (χ4v) is 2.15. The molecule has 0 saturated heterocycles. The summed E-state index contributed by atoms with van der Waals surface area (Å²) >= 11 is 5.08. The lowest BCUT2D eigenvalue weighted by Crippen LogP contribution is -2.34. The Morgan fingerprint density at radius 1 is 1.17 bits per heavy atom. The summed E-state index contributed by atoms with van der Waals surface area (Å²) in [6.45, 7) is 4.07. The number of hydrogen-bond donors (Lipinski definition) is 3. The van der Waals surface area contributed by atoms with E-state index in [-0.39, 0.29) is 16.4 Å². The average molecular weight is 332 g/mol. The lowest BCUT2D eigenvalue weighted by Gasteiger charge is -2.13. The van der Waals surface area contributed by atoms with Gasteiger partial charge in [0.1, 0.15) is 11.6 Å². The third kappa shape index (κ3) is 4.50. The summed E-state index contributed by atoms with van der Waals surface area (Å²) in [6, 6.07) is 10.3. The van der Waals surface area contributed by atoms with Gasteiger partial charge in [-0.05, 0) is 60.1 Å². The lowest BCUT2D eigenvalue weighted by molar-refractivity contribution is 0.0977. The Morgan fingerprint density at radius 2 is 1.83 bits per heavy atom. The number of thiocarbonyl (C=S) groups is 1. The minimum absolute atomic E-state index is 0.0350. The van der Waals surface area contributed by atoms with Gasteiger partial charge in [-0.25, -0.2) is 4.39 Å². The quantitative estimate of drug-likeness (QED) is 0.591. The monoisotopic (exact) mass is 332 g/mol. The smallest absolute Gasteiger partial charge is 0.257 e. The number of phenols is 1. The van der Waals surface area contributed by atoms with E-state index in [1.54, 1.807) is 12.1 Å². The first kappa shape index (κ1) is 16.9. The Hall–Kier alpha value is -2.47. The second-order valence-corrected chi connectivity index (χ2v) is 5.75. The zero-order valence-electron chi connectivity index (χ0n) is 12.8. The molecule has 0 spiro atoms. The predicted octanol–water partition coefficient (Wildman–Crippen LogP) is 3.78. The molecule has 0 heterocycles. The molecule has 0 aliphatic rings. The molecule has 0 fully saturated rings. The largest absolute Gasteiger partial charge is 0.506 e. The first-order valence-corrected chi connectivity index (χ1v) is 7.48. The van der Waals surface area contributed by atoms with Crippen LogP contribution in [0.5, 0.6) is 5.75 Å². The Balaban J connectivity index is 2.06. The molecule has 6 heteroatoms. The zero-order valence-corrected chi connectivity index (χ0v) is 13.6. The van der Waals surface area contributed by atoms with Crippen molar-refractivity contribution in [2.75, 3.05) is 5.32 Å². The standard InChI is InChI=1S/C17H17FN2O2S/c1-10(2)12-5-8-15(21)14(9-12)19-17(23)20-16(22)11-3-6-13(18)7-4-11/h3-10,21H,1-2H3,(H2,19,20,22,23). The number of carbonyl (C=O) groups excluding carboxylic acids is 1. The first-order valence-electron chi connectivity index (χ1n) is 7.07. The van der Waals surface area contributed by atoms with Gasteiger partial charge in [-0.15, -0.1) is 0 Å². The van der Waals surface area contributed by atoms with E-state index in [1.165, 1.54) is 24.3 Å². The van der Waals surface area contributed by atoms with Crippen molar-refractivity contribution in [2.24, 2.45) is 0 Å². The molecule has 0 aromatic heterocycles. The van der Waals surface area contributed by atoms with E-state index in [1.807, 2.05) is 19.9 Å². The van der Waals surface area contributed by atoms with Gasteiger partial charge in [0.15, 0.2) is 5.11 Å². The molecule has 0 bridgehead atoms. The van der Waals surface area contributed by atoms with Gasteiger partial charge in [-0.2, -0.15) is 0 Å². The Labute approximate surface area is 139 Å². The van der Waals surface area contributed by atoms with Crippen LogP contribution in [0.25, 0.3) is 0 Å². The number of aromatic hydroxyl groups is 1. The van der Waals surface area contributed by atoms with Gasteiger partial charge in [0.2, 0.25) is 0 Å². The fourth-order valence-electron chi connectivity index (χ4n) is 1.94. The molecule has 0 aliphatic heterocycles. The second kappa shape index (κ2) is 7.19. The SMILES string of the molecule is CC(C)c1ccc(O)c(NC(=S)NC(=O)c2ccc(F)cc2)c1. The number of hydrogen-bond acceptors (Lipinski definition) is 3. The van der Waals surface area contributed by atoms with Crippen LogP contribution in [-0.4, -0.2) is 16.1 Å². The number of amides is 1. The van der Waals surface area contributed by atoms with Crippen molar-refractivity contribution in [3.63, 3.8) is 0 Å². The van der Waals surface area contributed by atoms with Crippen molar-refractivity contribution in [1.29, 1.82) is 0 Å². The normalized spacial score (nSPS) is 10.4. The molecule has 0 saturated carbocycles. The molecule has 2 rings (SSSR count). The third-order valence-corrected chi connectivity index (χ3v) is 3.47. The Bertz CT molecular complexity index is 730. The van der Waals surface area contributed by atoms with E-state index in [2.05, 4.69) is 10.6 Å². The molecule has 4 nitrogen and oxygen atoms in total. The molecule has 23 heavy (non-hydrogen) atoms. The van der Waals surface area contributed by atoms with Crippen LogP contribution in [0.3, 0.4) is 0 Å². The molecule has 120 valence electrons. The topological polar surface area (TPSA) is 61.4 Å². The average Bonchev–Trinajstić information content (AvgIpc) is 2.49. The number of anilines is 1. The number of halogens is 1. The molecular formula is C17H17FN2O2S. The molecule has 1 amide bonds. The number of phenolic OH excluding ortho intramolecular Hbond substituents is 1. The maximum Gasteiger partial charge on any atom is 0.257 e. The highest BCUT2D eigenvalue weighted by Gasteiger charge is 2.11. The van der Waals surface area contributed by atoms with Crippen LogP contribution < -0.4 is 10.6 Å². The molecule has 0 unspecified atom stereocenters. The van der Waals surface area contributed by atoms with E-state index in [0.29, 0.717) is 11.6 Å². The Morgan fingerprint density at radius 3 is 2.43 bits per heavy atom. The summed E-state index contributed by atoms with van der Waals surface area (Å²) < 4.78 is 12.8. The maximum absolute atomic E-state index is 12.8. The van der Waals surface area contributed by atoms with Crippen LogP contribution in [-0.2, 0) is 0 Å². The van der Waals surface area contributed by atoms with Gasteiger partial charge in [-0.3, -0.25) is 10.1 Å². The predicted molar refractivity (Wildman–Crippen MR) is 92.3 cm³/mol. The highest BCUT2D eigenvalue weighted by atomic mass is 32.1. The van der Waals surface area contributed by atoms with Gasteiger partial charge in [0, 0.05) is 5.56 Å². The number of benzene rings is 2. The summed E-state index contributed by atoms with van der Waals surface area (Å²) in [5.41, 5.74) is 1.73. The summed E-state index contributed by atoms with van der Waals surface area (Å²) in [5, 5.41) is 15.2. The summed E-state index contributed by atoms with van der Waals surface area (Å²) in [4.78, 5) is 12.0. The number of nitrogens with one attached hydrogen (secondary N) is 2. The molecule has 2 aromatic rings. The lowest BCUT2D eigenvalue weighted by atomic mass is 10.0. The van der Waals surface area contributed by atoms with E-state index in [4.69, 9.17) is 12.2 Å². The van der Waals surface area contributed by atoms with Crippen molar-refractivity contribution in [3.8, 4) is 5.75 Å². The first-order chi connectivity index (χ1) is 10.9. The van der Waals surface area contributed by atoms with E-state index in [9.17, 15) is 14.3 Å². The molecule has 0 radical (unpaired) electrons. The van der Waals surface area contributed by atoms with Crippen molar-refractivity contribution >= 4 is 28.9 Å². The van der Waals surface area contributed by atoms with Gasteiger partial charge >= 0.3 is 0 Å². The minimum Gasteiger partial charge on any atom is -0.506 e. The molecule has 0 aliphatic carbocycles. The van der Waals surface area contributed by atoms with Crippen LogP contribution in [0.15, 0.2) is 42.5 Å². The van der Waals surface area contributed by atoms with Gasteiger partial charge in [-0.1, -0.05) is 19.9 Å². The number of rotatable bonds is 3. The summed E-state index contributed by atoms with van der Waals surface area (Å²) in [5.74, 6) is -0.550. The molecule has 2 aromatic carbocycles. The maximum atomic E-state index is 12.8. The van der Waals surface area contributed by atoms with Crippen molar-refractivity contribution in [2.45, 2.75) is 19.8 Å². The third-order valence-electron chi connectivity index (χ3n) is 3.27. The molecule has 3 N–H and O–H groups in total. The van der Waals surface area contributed by atoms with Crippen LogP contribution in [0, 0.1) is 5.82 Å². The van der Waals surface area contributed by atoms with E-state index in [0.717, 1.165) is 5.56 Å².